The lowest BCUT2D eigenvalue weighted by molar-refractivity contribution is -0.142. The van der Waals surface area contributed by atoms with Gasteiger partial charge in [0.05, 0.1) is 25.1 Å². The molecule has 0 saturated heterocycles. The van der Waals surface area contributed by atoms with Crippen LogP contribution in [0.2, 0.25) is 0 Å². The lowest BCUT2D eigenvalue weighted by atomic mass is 9.97. The number of aliphatic imine (C=N–C) groups is 1. The predicted octanol–water partition coefficient (Wildman–Crippen LogP) is 4.00. The molecule has 1 aliphatic rings. The van der Waals surface area contributed by atoms with Crippen molar-refractivity contribution >= 4 is 23.3 Å². The first-order valence-electron chi connectivity index (χ1n) is 10.4. The number of hydrogen-bond acceptors (Lipinski definition) is 5. The zero-order valence-corrected chi connectivity index (χ0v) is 18.2. The fraction of sp³-hybridized carbons (Fsp3) is 0.375. The van der Waals surface area contributed by atoms with Crippen molar-refractivity contribution in [3.8, 4) is 5.75 Å². The second-order valence-corrected chi connectivity index (χ2v) is 7.43. The summed E-state index contributed by atoms with van der Waals surface area (Å²) in [5.41, 5.74) is 2.40. The van der Waals surface area contributed by atoms with Crippen LogP contribution in [-0.2, 0) is 14.3 Å². The molecule has 1 unspecified atom stereocenters. The lowest BCUT2D eigenvalue weighted by Crippen LogP contribution is -2.43. The van der Waals surface area contributed by atoms with Crippen LogP contribution in [0.25, 0.3) is 0 Å². The van der Waals surface area contributed by atoms with Crippen molar-refractivity contribution < 1.29 is 23.5 Å². The number of methoxy groups -OCH3 is 1. The lowest BCUT2D eigenvalue weighted by Gasteiger charge is -2.26. The number of halogens is 1. The van der Waals surface area contributed by atoms with E-state index >= 15 is 0 Å². The molecule has 1 aliphatic heterocycles. The number of esters is 1. The van der Waals surface area contributed by atoms with Gasteiger partial charge in [-0.2, -0.15) is 0 Å². The summed E-state index contributed by atoms with van der Waals surface area (Å²) in [6.07, 6.45) is 0.726. The molecule has 0 radical (unpaired) electrons. The van der Waals surface area contributed by atoms with E-state index in [1.807, 2.05) is 13.8 Å². The Kier molecular flexibility index (Phi) is 7.05. The molecule has 0 aliphatic carbocycles. The Morgan fingerprint density at radius 2 is 1.90 bits per heavy atom. The summed E-state index contributed by atoms with van der Waals surface area (Å²) in [5, 5.41) is 0. The third kappa shape index (κ3) is 4.76. The molecule has 2 aromatic carbocycles. The van der Waals surface area contributed by atoms with Crippen molar-refractivity contribution in [2.75, 3.05) is 25.2 Å². The number of fused-ring (bicyclic) bond motifs is 1. The first-order valence-corrected chi connectivity index (χ1v) is 10.4. The minimum absolute atomic E-state index is 0.0659. The zero-order chi connectivity index (χ0) is 22.5. The molecule has 1 heterocycles. The van der Waals surface area contributed by atoms with Gasteiger partial charge in [-0.15, -0.1) is 0 Å². The van der Waals surface area contributed by atoms with E-state index in [9.17, 15) is 14.0 Å². The van der Waals surface area contributed by atoms with Gasteiger partial charge in [0.25, 0.3) is 5.91 Å². The maximum Gasteiger partial charge on any atom is 0.326 e. The number of carbonyl (C=O) groups excluding carboxylic acids is 2. The van der Waals surface area contributed by atoms with Crippen LogP contribution in [0.4, 0.5) is 10.1 Å². The Hall–Kier alpha value is -3.22. The second kappa shape index (κ2) is 9.73. The molecule has 31 heavy (non-hydrogen) atoms. The van der Waals surface area contributed by atoms with E-state index in [0.717, 1.165) is 6.42 Å². The summed E-state index contributed by atoms with van der Waals surface area (Å²) in [6, 6.07) is 10.5. The van der Waals surface area contributed by atoms with Crippen molar-refractivity contribution in [1.82, 2.24) is 0 Å². The minimum Gasteiger partial charge on any atom is -0.497 e. The van der Waals surface area contributed by atoms with Gasteiger partial charge in [-0.1, -0.05) is 20.3 Å². The summed E-state index contributed by atoms with van der Waals surface area (Å²) in [5.74, 6) is -0.609. The predicted molar refractivity (Wildman–Crippen MR) is 117 cm³/mol. The highest BCUT2D eigenvalue weighted by Crippen LogP contribution is 2.33. The smallest absolute Gasteiger partial charge is 0.326 e. The molecule has 0 aromatic heterocycles. The molecule has 2 atom stereocenters. The molecule has 0 saturated carbocycles. The van der Waals surface area contributed by atoms with Gasteiger partial charge < -0.3 is 9.47 Å². The molecule has 1 amide bonds. The van der Waals surface area contributed by atoms with Crippen molar-refractivity contribution in [1.29, 1.82) is 0 Å². The number of ether oxygens (including phenoxy) is 2. The molecule has 2 aromatic rings. The number of benzene rings is 2. The molecule has 0 fully saturated rings. The van der Waals surface area contributed by atoms with E-state index in [1.165, 1.54) is 17.0 Å². The first kappa shape index (κ1) is 22.5. The number of carbonyl (C=O) groups is 2. The molecule has 6 nitrogen and oxygen atoms in total. The van der Waals surface area contributed by atoms with Crippen molar-refractivity contribution in [2.24, 2.45) is 10.9 Å². The van der Waals surface area contributed by atoms with Gasteiger partial charge >= 0.3 is 5.97 Å². The van der Waals surface area contributed by atoms with E-state index in [1.54, 1.807) is 44.4 Å². The Labute approximate surface area is 181 Å². The maximum atomic E-state index is 13.6. The summed E-state index contributed by atoms with van der Waals surface area (Å²) < 4.78 is 24.1. The number of benzodiazepines with no additional fused rings is 1. The molecule has 0 N–H and O–H groups in total. The van der Waals surface area contributed by atoms with Crippen molar-refractivity contribution in [3.05, 3.63) is 59.4 Å². The largest absolute Gasteiger partial charge is 0.497 e. The van der Waals surface area contributed by atoms with Gasteiger partial charge in [0.1, 0.15) is 24.2 Å². The molecule has 164 valence electrons. The van der Waals surface area contributed by atoms with Crippen LogP contribution in [0.3, 0.4) is 0 Å². The van der Waals surface area contributed by atoms with Crippen molar-refractivity contribution in [2.45, 2.75) is 33.2 Å². The van der Waals surface area contributed by atoms with E-state index in [4.69, 9.17) is 14.5 Å². The monoisotopic (exact) mass is 426 g/mol. The summed E-state index contributed by atoms with van der Waals surface area (Å²) in [4.78, 5) is 32.1. The minimum atomic E-state index is -0.696. The average Bonchev–Trinajstić information content (AvgIpc) is 2.89. The number of hydrogen-bond donors (Lipinski definition) is 0. The third-order valence-corrected chi connectivity index (χ3v) is 5.43. The Balaban J connectivity index is 2.23. The molecule has 7 heteroatoms. The fourth-order valence-electron chi connectivity index (χ4n) is 3.54. The third-order valence-electron chi connectivity index (χ3n) is 5.43. The molecular formula is C24H27FN2O4. The van der Waals surface area contributed by atoms with Crippen LogP contribution >= 0.6 is 0 Å². The van der Waals surface area contributed by atoms with Crippen LogP contribution < -0.4 is 9.64 Å². The highest BCUT2D eigenvalue weighted by molar-refractivity contribution is 6.20. The molecular weight excluding hydrogens is 399 g/mol. The highest BCUT2D eigenvalue weighted by atomic mass is 19.1. The van der Waals surface area contributed by atoms with Gasteiger partial charge in [0, 0.05) is 11.1 Å². The van der Waals surface area contributed by atoms with E-state index in [-0.39, 0.29) is 30.8 Å². The number of nitrogens with zero attached hydrogens (tertiary/aromatic N) is 2. The summed E-state index contributed by atoms with van der Waals surface area (Å²) in [7, 11) is 1.55. The van der Waals surface area contributed by atoms with Gasteiger partial charge in [0.2, 0.25) is 0 Å². The van der Waals surface area contributed by atoms with Gasteiger partial charge in [0.15, 0.2) is 0 Å². The number of amides is 1. The van der Waals surface area contributed by atoms with Crippen LogP contribution in [0.1, 0.15) is 38.3 Å². The van der Waals surface area contributed by atoms with E-state index in [2.05, 4.69) is 0 Å². The van der Waals surface area contributed by atoms with Gasteiger partial charge in [-0.05, 0) is 55.3 Å². The molecule has 0 spiro atoms. The normalized spacial score (nSPS) is 16.8. The van der Waals surface area contributed by atoms with Crippen LogP contribution in [0.15, 0.2) is 47.5 Å². The number of anilines is 1. The van der Waals surface area contributed by atoms with E-state index in [0.29, 0.717) is 28.3 Å². The zero-order valence-electron chi connectivity index (χ0n) is 18.2. The maximum absolute atomic E-state index is 13.6. The standard InChI is InChI=1S/C24H27FN2O4/c1-5-15(3)22-24(29)27(14-21(28)31-6-2)20-12-11-18(30-4)13-19(20)23(26-22)16-7-9-17(25)10-8-16/h7-13,15,22H,5-6,14H2,1-4H3/t15-,22?/m0/s1. The average molecular weight is 426 g/mol. The highest BCUT2D eigenvalue weighted by Gasteiger charge is 2.36. The van der Waals surface area contributed by atoms with E-state index < -0.39 is 12.0 Å². The summed E-state index contributed by atoms with van der Waals surface area (Å²) >= 11 is 0. The first-order chi connectivity index (χ1) is 14.9. The molecule has 0 bridgehead atoms. The Morgan fingerprint density at radius 3 is 2.52 bits per heavy atom. The number of rotatable bonds is 7. The second-order valence-electron chi connectivity index (χ2n) is 7.43. The van der Waals surface area contributed by atoms with Crippen LogP contribution in [0.5, 0.6) is 5.75 Å². The Bertz CT molecular complexity index is 988. The van der Waals surface area contributed by atoms with Crippen LogP contribution in [-0.4, -0.2) is 43.9 Å². The quantitative estimate of drug-likeness (QED) is 0.628. The Morgan fingerprint density at radius 1 is 1.19 bits per heavy atom. The van der Waals surface area contributed by atoms with Gasteiger partial charge in [-0.3, -0.25) is 19.5 Å². The topological polar surface area (TPSA) is 68.2 Å². The SMILES string of the molecule is CCOC(=O)CN1C(=O)C([C@@H](C)CC)N=C(c2ccc(F)cc2)c2cc(OC)ccc21. The fourth-order valence-corrected chi connectivity index (χ4v) is 3.54. The molecule has 3 rings (SSSR count). The van der Waals surface area contributed by atoms with Gasteiger partial charge in [-0.25, -0.2) is 4.39 Å². The van der Waals surface area contributed by atoms with Crippen LogP contribution in [0, 0.1) is 11.7 Å². The van der Waals surface area contributed by atoms with Crippen molar-refractivity contribution in [3.63, 3.8) is 0 Å². The summed E-state index contributed by atoms with van der Waals surface area (Å²) in [6.45, 7) is 5.67.